The summed E-state index contributed by atoms with van der Waals surface area (Å²) in [6.45, 7) is 10.6. The van der Waals surface area contributed by atoms with Crippen molar-refractivity contribution in [3.8, 4) is 34.4 Å². The number of nitriles is 1. The third-order valence-electron chi connectivity index (χ3n) is 9.68. The third-order valence-corrected chi connectivity index (χ3v) is 9.97. The highest BCUT2D eigenvalue weighted by atomic mass is 35.5. The van der Waals surface area contributed by atoms with E-state index in [9.17, 15) is 10.4 Å². The molecule has 12 heteroatoms. The summed E-state index contributed by atoms with van der Waals surface area (Å²) in [5.74, 6) is 2.10. The van der Waals surface area contributed by atoms with Gasteiger partial charge in [0.05, 0.1) is 23.3 Å². The Bertz CT molecular complexity index is 1860. The molecule has 0 bridgehead atoms. The van der Waals surface area contributed by atoms with E-state index in [2.05, 4.69) is 45.8 Å². The molecule has 1 atom stereocenters. The molecule has 2 aliphatic rings. The van der Waals surface area contributed by atoms with Crippen LogP contribution in [0.4, 0.5) is 0 Å². The average Bonchev–Trinajstić information content (AvgIpc) is 3.59. The molecule has 4 heterocycles. The van der Waals surface area contributed by atoms with Gasteiger partial charge in [-0.1, -0.05) is 30.2 Å². The highest BCUT2D eigenvalue weighted by Gasteiger charge is 2.20. The Hall–Kier alpha value is -4.73. The topological polar surface area (TPSA) is 141 Å². The van der Waals surface area contributed by atoms with Gasteiger partial charge in [-0.15, -0.1) is 0 Å². The van der Waals surface area contributed by atoms with E-state index in [-0.39, 0.29) is 25.8 Å². The summed E-state index contributed by atoms with van der Waals surface area (Å²) in [4.78, 5) is 21.9. The van der Waals surface area contributed by atoms with Crippen molar-refractivity contribution >= 4 is 18.1 Å². The van der Waals surface area contributed by atoms with E-state index in [0.717, 1.165) is 96.8 Å². The molecule has 0 saturated carbocycles. The Morgan fingerprint density at radius 2 is 1.66 bits per heavy atom. The highest BCUT2D eigenvalue weighted by molar-refractivity contribution is 6.32. The van der Waals surface area contributed by atoms with Crippen LogP contribution in [0.25, 0.3) is 11.1 Å². The molecule has 0 spiro atoms. The van der Waals surface area contributed by atoms with E-state index in [4.69, 9.17) is 35.7 Å². The van der Waals surface area contributed by atoms with Gasteiger partial charge in [-0.25, -0.2) is 0 Å². The number of likely N-dealkylation sites (tertiary alicyclic amines) is 2. The molecule has 53 heavy (non-hydrogen) atoms. The Morgan fingerprint density at radius 3 is 2.42 bits per heavy atom. The number of halogens is 1. The number of hydrogen-bond acceptors (Lipinski definition) is 10. The van der Waals surface area contributed by atoms with Crippen molar-refractivity contribution < 1.29 is 29.2 Å². The lowest BCUT2D eigenvalue weighted by atomic mass is 9.95. The predicted molar refractivity (Wildman–Crippen MR) is 203 cm³/mol. The second-order valence-electron chi connectivity index (χ2n) is 13.4. The third kappa shape index (κ3) is 11.1. The summed E-state index contributed by atoms with van der Waals surface area (Å²) >= 11 is 6.85. The first-order valence-corrected chi connectivity index (χ1v) is 18.5. The zero-order chi connectivity index (χ0) is 37.6. The first kappa shape index (κ1) is 39.5. The molecule has 0 radical (unpaired) electrons. The lowest BCUT2D eigenvalue weighted by molar-refractivity contribution is -0.122. The van der Waals surface area contributed by atoms with Crippen LogP contribution in [0, 0.1) is 25.2 Å². The van der Waals surface area contributed by atoms with Crippen molar-refractivity contribution in [3.63, 3.8) is 0 Å². The first-order chi connectivity index (χ1) is 25.8. The van der Waals surface area contributed by atoms with Crippen molar-refractivity contribution in [1.82, 2.24) is 19.8 Å². The maximum Gasteiger partial charge on any atom is 0.290 e. The number of hydrogen-bond donors (Lipinski definition) is 2. The second-order valence-corrected chi connectivity index (χ2v) is 13.9. The Labute approximate surface area is 316 Å². The van der Waals surface area contributed by atoms with Gasteiger partial charge in [-0.3, -0.25) is 19.7 Å². The SMILES string of the molecule is Cc1c(COc2cc(OCc3cncc(C#N)c3)c(CN3CCCCC3)cc2Cl)cncc1-c1cccc(OCCCN2CCC(O)C2)c1C.O=CO. The number of aliphatic hydroxyl groups is 1. The van der Waals surface area contributed by atoms with Gasteiger partial charge in [-0.05, 0) is 87.5 Å². The second kappa shape index (κ2) is 19.9. The quantitative estimate of drug-likeness (QED) is 0.102. The average molecular weight is 742 g/mol. The minimum atomic E-state index is -0.250. The van der Waals surface area contributed by atoms with E-state index < -0.39 is 0 Å². The molecule has 2 N–H and O–H groups in total. The maximum absolute atomic E-state index is 9.79. The van der Waals surface area contributed by atoms with Gasteiger partial charge in [0.2, 0.25) is 0 Å². The van der Waals surface area contributed by atoms with Crippen LogP contribution in [0.15, 0.2) is 61.2 Å². The lowest BCUT2D eigenvalue weighted by Gasteiger charge is -2.27. The fraction of sp³-hybridized carbons (Fsp3) is 0.415. The molecule has 11 nitrogen and oxygen atoms in total. The molecular formula is C41H48ClN5O6. The van der Waals surface area contributed by atoms with Crippen molar-refractivity contribution in [2.45, 2.75) is 71.8 Å². The molecule has 280 valence electrons. The zero-order valence-corrected chi connectivity index (χ0v) is 31.2. The molecule has 6 rings (SSSR count). The molecule has 2 aliphatic heterocycles. The monoisotopic (exact) mass is 741 g/mol. The largest absolute Gasteiger partial charge is 0.493 e. The van der Waals surface area contributed by atoms with Gasteiger partial charge in [0.15, 0.2) is 0 Å². The van der Waals surface area contributed by atoms with Crippen LogP contribution in [0.2, 0.25) is 5.02 Å². The molecule has 1 unspecified atom stereocenters. The number of benzene rings is 2. The summed E-state index contributed by atoms with van der Waals surface area (Å²) in [7, 11) is 0. The predicted octanol–water partition coefficient (Wildman–Crippen LogP) is 6.97. The molecule has 2 fully saturated rings. The molecule has 2 aromatic carbocycles. The van der Waals surface area contributed by atoms with E-state index in [1.54, 1.807) is 18.5 Å². The zero-order valence-electron chi connectivity index (χ0n) is 30.5. The van der Waals surface area contributed by atoms with Gasteiger partial charge < -0.3 is 29.3 Å². The molecule has 4 aromatic rings. The minimum Gasteiger partial charge on any atom is -0.493 e. The van der Waals surface area contributed by atoms with E-state index in [0.29, 0.717) is 28.7 Å². The highest BCUT2D eigenvalue weighted by Crippen LogP contribution is 2.37. The number of rotatable bonds is 14. The van der Waals surface area contributed by atoms with Crippen LogP contribution >= 0.6 is 11.6 Å². The number of carboxylic acid groups (broad SMARTS) is 1. The number of ether oxygens (including phenoxy) is 3. The van der Waals surface area contributed by atoms with Gasteiger partial charge >= 0.3 is 0 Å². The fourth-order valence-electron chi connectivity index (χ4n) is 6.78. The maximum atomic E-state index is 9.79. The van der Waals surface area contributed by atoms with E-state index in [1.165, 1.54) is 19.3 Å². The van der Waals surface area contributed by atoms with Crippen LogP contribution in [0.1, 0.15) is 65.5 Å². The van der Waals surface area contributed by atoms with Crippen LogP contribution < -0.4 is 14.2 Å². The van der Waals surface area contributed by atoms with Crippen LogP contribution in [0.3, 0.4) is 0 Å². The standard InChI is InChI=1S/C40H46ClN5O4.CH2O2/c1-28-33(22-44-23-36(28)35-8-6-9-38(29(35)2)48-15-7-13-46-14-10-34(47)25-46)27-50-40-18-39(49-26-31-16-30(19-42)20-43-21-31)32(17-37(40)41)24-45-11-4-3-5-12-45;2-1-3/h6,8-9,16-18,20-23,34,47H,3-5,7,10-15,24-27H2,1-2H3;1H,(H,2,3). The number of piperidine rings is 1. The van der Waals surface area contributed by atoms with Crippen LogP contribution in [0.5, 0.6) is 17.2 Å². The smallest absolute Gasteiger partial charge is 0.290 e. The van der Waals surface area contributed by atoms with Gasteiger partial charge in [0.1, 0.15) is 36.5 Å². The molecule has 0 amide bonds. The summed E-state index contributed by atoms with van der Waals surface area (Å²) < 4.78 is 18.9. The molecule has 2 saturated heterocycles. The summed E-state index contributed by atoms with van der Waals surface area (Å²) in [5.41, 5.74) is 7.51. The molecular weight excluding hydrogens is 694 g/mol. The first-order valence-electron chi connectivity index (χ1n) is 18.1. The van der Waals surface area contributed by atoms with Gasteiger partial charge in [0, 0.05) is 79.3 Å². The number of aromatic nitrogens is 2. The van der Waals surface area contributed by atoms with Crippen molar-refractivity contribution in [3.05, 3.63) is 99.6 Å². The number of aliphatic hydroxyl groups excluding tert-OH is 1. The van der Waals surface area contributed by atoms with Crippen LogP contribution in [-0.4, -0.2) is 81.9 Å². The van der Waals surface area contributed by atoms with Crippen LogP contribution in [-0.2, 0) is 24.6 Å². The van der Waals surface area contributed by atoms with Crippen molar-refractivity contribution in [2.24, 2.45) is 0 Å². The molecule has 0 aliphatic carbocycles. The minimum absolute atomic E-state index is 0.200. The van der Waals surface area contributed by atoms with E-state index in [1.807, 2.05) is 36.7 Å². The number of pyridine rings is 2. The molecule has 2 aromatic heterocycles. The van der Waals surface area contributed by atoms with Gasteiger partial charge in [0.25, 0.3) is 6.47 Å². The number of β-amino-alcohol motifs (C(OH)–C–C–N with tert-alkyl or cyclic N) is 1. The summed E-state index contributed by atoms with van der Waals surface area (Å²) in [5, 5.41) is 26.5. The summed E-state index contributed by atoms with van der Waals surface area (Å²) in [6, 6.07) is 13.9. The Balaban J connectivity index is 0.00000175. The van der Waals surface area contributed by atoms with E-state index >= 15 is 0 Å². The number of nitrogens with zero attached hydrogens (tertiary/aromatic N) is 5. The van der Waals surface area contributed by atoms with Gasteiger partial charge in [-0.2, -0.15) is 5.26 Å². The van der Waals surface area contributed by atoms with Crippen molar-refractivity contribution in [1.29, 1.82) is 5.26 Å². The lowest BCUT2D eigenvalue weighted by Crippen LogP contribution is -2.29. The fourth-order valence-corrected chi connectivity index (χ4v) is 7.02. The normalized spacial score (nSPS) is 15.9. The number of carbonyl (C=O) groups is 1. The Morgan fingerprint density at radius 1 is 0.887 bits per heavy atom. The Kier molecular flexibility index (Phi) is 14.8. The van der Waals surface area contributed by atoms with Crippen molar-refractivity contribution in [2.75, 3.05) is 39.3 Å². The summed E-state index contributed by atoms with van der Waals surface area (Å²) in [6.07, 6.45) is 12.2.